The highest BCUT2D eigenvalue weighted by Crippen LogP contribution is 2.28. The Morgan fingerprint density at radius 1 is 1.22 bits per heavy atom. The molecule has 0 spiro atoms. The predicted molar refractivity (Wildman–Crippen MR) is 90.7 cm³/mol. The molecule has 0 aliphatic carbocycles. The van der Waals surface area contributed by atoms with E-state index in [2.05, 4.69) is 27.6 Å². The van der Waals surface area contributed by atoms with Crippen LogP contribution >= 0.6 is 11.3 Å². The lowest BCUT2D eigenvalue weighted by Crippen LogP contribution is -2.29. The molecule has 0 bridgehead atoms. The molecule has 2 aromatic heterocycles. The Labute approximate surface area is 139 Å². The third-order valence-electron chi connectivity index (χ3n) is 4.30. The Morgan fingerprint density at radius 3 is 2.87 bits per heavy atom. The van der Waals surface area contributed by atoms with Gasteiger partial charge in [-0.25, -0.2) is 4.39 Å². The van der Waals surface area contributed by atoms with Crippen LogP contribution in [0.2, 0.25) is 0 Å². The first-order valence-electron chi connectivity index (χ1n) is 7.75. The minimum atomic E-state index is -0.216. The standard InChI is InChI=1S/C18H18FN3S/c1-21-10-15(18(20-21)13-2-4-16(19)5-3-13)12-22-8-6-17-14(11-22)7-9-23-17/h2-5,7,9-10H,6,8,11-12H2,1H3. The summed E-state index contributed by atoms with van der Waals surface area (Å²) >= 11 is 1.86. The zero-order valence-electron chi connectivity index (χ0n) is 13.0. The topological polar surface area (TPSA) is 21.1 Å². The van der Waals surface area contributed by atoms with Crippen molar-refractivity contribution in [1.29, 1.82) is 0 Å². The average Bonchev–Trinajstić information content (AvgIpc) is 3.14. The van der Waals surface area contributed by atoms with Crippen LogP contribution in [0.4, 0.5) is 4.39 Å². The van der Waals surface area contributed by atoms with Crippen molar-refractivity contribution in [3.63, 3.8) is 0 Å². The van der Waals surface area contributed by atoms with E-state index in [0.717, 1.165) is 37.3 Å². The van der Waals surface area contributed by atoms with Gasteiger partial charge >= 0.3 is 0 Å². The van der Waals surface area contributed by atoms with E-state index in [1.165, 1.54) is 28.1 Å². The smallest absolute Gasteiger partial charge is 0.123 e. The molecule has 1 aliphatic heterocycles. The van der Waals surface area contributed by atoms with E-state index in [9.17, 15) is 4.39 Å². The van der Waals surface area contributed by atoms with Crippen LogP contribution in [-0.4, -0.2) is 21.2 Å². The third kappa shape index (κ3) is 2.94. The van der Waals surface area contributed by atoms with Crippen LogP contribution in [0.25, 0.3) is 11.3 Å². The SMILES string of the molecule is Cn1cc(CN2CCc3sccc3C2)c(-c2ccc(F)cc2)n1. The number of rotatable bonds is 3. The minimum Gasteiger partial charge on any atom is -0.294 e. The summed E-state index contributed by atoms with van der Waals surface area (Å²) in [4.78, 5) is 3.98. The molecule has 3 aromatic rings. The van der Waals surface area contributed by atoms with Crippen LogP contribution in [0.1, 0.15) is 16.0 Å². The summed E-state index contributed by atoms with van der Waals surface area (Å²) < 4.78 is 15.0. The molecule has 0 unspecified atom stereocenters. The maximum absolute atomic E-state index is 13.2. The van der Waals surface area contributed by atoms with Gasteiger partial charge in [-0.3, -0.25) is 9.58 Å². The molecule has 1 aliphatic rings. The van der Waals surface area contributed by atoms with Gasteiger partial charge in [0.05, 0.1) is 5.69 Å². The van der Waals surface area contributed by atoms with Gasteiger partial charge in [0, 0.05) is 48.9 Å². The van der Waals surface area contributed by atoms with Gasteiger partial charge in [-0.1, -0.05) is 0 Å². The first-order chi connectivity index (χ1) is 11.2. The first-order valence-corrected chi connectivity index (χ1v) is 8.63. The quantitative estimate of drug-likeness (QED) is 0.729. The molecule has 1 aromatic carbocycles. The number of nitrogens with zero attached hydrogens (tertiary/aromatic N) is 3. The van der Waals surface area contributed by atoms with Crippen molar-refractivity contribution in [3.8, 4) is 11.3 Å². The molecule has 0 radical (unpaired) electrons. The summed E-state index contributed by atoms with van der Waals surface area (Å²) in [5.41, 5.74) is 4.56. The monoisotopic (exact) mass is 327 g/mol. The molecule has 3 nitrogen and oxygen atoms in total. The molecular weight excluding hydrogens is 309 g/mol. The molecule has 3 heterocycles. The third-order valence-corrected chi connectivity index (χ3v) is 5.33. The molecule has 0 fully saturated rings. The second-order valence-electron chi connectivity index (χ2n) is 6.01. The number of hydrogen-bond acceptors (Lipinski definition) is 3. The minimum absolute atomic E-state index is 0.216. The summed E-state index contributed by atoms with van der Waals surface area (Å²) in [5.74, 6) is -0.216. The van der Waals surface area contributed by atoms with Crippen molar-refractivity contribution in [2.24, 2.45) is 7.05 Å². The zero-order valence-corrected chi connectivity index (χ0v) is 13.8. The average molecular weight is 327 g/mol. The summed E-state index contributed by atoms with van der Waals surface area (Å²) in [6, 6.07) is 8.82. The van der Waals surface area contributed by atoms with Crippen LogP contribution < -0.4 is 0 Å². The van der Waals surface area contributed by atoms with Gasteiger partial charge in [0.25, 0.3) is 0 Å². The van der Waals surface area contributed by atoms with Crippen molar-refractivity contribution < 1.29 is 4.39 Å². The maximum Gasteiger partial charge on any atom is 0.123 e. The number of benzene rings is 1. The van der Waals surface area contributed by atoms with E-state index >= 15 is 0 Å². The van der Waals surface area contributed by atoms with Crippen molar-refractivity contribution >= 4 is 11.3 Å². The lowest BCUT2D eigenvalue weighted by molar-refractivity contribution is 0.248. The Balaban J connectivity index is 1.59. The van der Waals surface area contributed by atoms with E-state index in [-0.39, 0.29) is 5.82 Å². The Hall–Kier alpha value is -1.98. The fourth-order valence-corrected chi connectivity index (χ4v) is 4.08. The Bertz CT molecular complexity index is 819. The highest BCUT2D eigenvalue weighted by molar-refractivity contribution is 7.10. The normalized spacial score (nSPS) is 14.9. The lowest BCUT2D eigenvalue weighted by Gasteiger charge is -2.26. The largest absolute Gasteiger partial charge is 0.294 e. The van der Waals surface area contributed by atoms with Gasteiger partial charge in [0.1, 0.15) is 5.82 Å². The number of aromatic nitrogens is 2. The zero-order chi connectivity index (χ0) is 15.8. The number of aryl methyl sites for hydroxylation is 1. The highest BCUT2D eigenvalue weighted by atomic mass is 32.1. The fourth-order valence-electron chi connectivity index (χ4n) is 3.19. The molecule has 5 heteroatoms. The number of hydrogen-bond donors (Lipinski definition) is 0. The molecule has 0 N–H and O–H groups in total. The van der Waals surface area contributed by atoms with Crippen molar-refractivity contribution in [2.75, 3.05) is 6.54 Å². The van der Waals surface area contributed by atoms with E-state index in [1.807, 2.05) is 23.1 Å². The summed E-state index contributed by atoms with van der Waals surface area (Å²) in [5, 5.41) is 6.76. The number of halogens is 1. The van der Waals surface area contributed by atoms with E-state index in [0.29, 0.717) is 0 Å². The molecule has 23 heavy (non-hydrogen) atoms. The molecule has 0 atom stereocenters. The number of fused-ring (bicyclic) bond motifs is 1. The van der Waals surface area contributed by atoms with Crippen LogP contribution in [0.15, 0.2) is 41.9 Å². The van der Waals surface area contributed by atoms with Crippen LogP contribution in [0.5, 0.6) is 0 Å². The molecular formula is C18H18FN3S. The molecule has 118 valence electrons. The van der Waals surface area contributed by atoms with Gasteiger partial charge in [0.15, 0.2) is 0 Å². The van der Waals surface area contributed by atoms with Crippen molar-refractivity contribution in [3.05, 3.63) is 63.7 Å². The summed E-state index contributed by atoms with van der Waals surface area (Å²) in [6.45, 7) is 2.94. The van der Waals surface area contributed by atoms with Gasteiger partial charge in [-0.2, -0.15) is 5.10 Å². The molecule has 0 saturated carbocycles. The van der Waals surface area contributed by atoms with Gasteiger partial charge in [0.2, 0.25) is 0 Å². The van der Waals surface area contributed by atoms with Crippen LogP contribution in [0, 0.1) is 5.82 Å². The van der Waals surface area contributed by atoms with Crippen LogP contribution in [-0.2, 0) is 26.6 Å². The lowest BCUT2D eigenvalue weighted by atomic mass is 10.1. The van der Waals surface area contributed by atoms with Crippen molar-refractivity contribution in [1.82, 2.24) is 14.7 Å². The van der Waals surface area contributed by atoms with E-state index < -0.39 is 0 Å². The highest BCUT2D eigenvalue weighted by Gasteiger charge is 2.19. The Morgan fingerprint density at radius 2 is 2.04 bits per heavy atom. The molecule has 0 saturated heterocycles. The van der Waals surface area contributed by atoms with E-state index in [1.54, 1.807) is 12.1 Å². The van der Waals surface area contributed by atoms with Crippen molar-refractivity contribution in [2.45, 2.75) is 19.5 Å². The van der Waals surface area contributed by atoms with E-state index in [4.69, 9.17) is 0 Å². The maximum atomic E-state index is 13.2. The molecule has 0 amide bonds. The summed E-state index contributed by atoms with van der Waals surface area (Å²) in [6.07, 6.45) is 3.20. The van der Waals surface area contributed by atoms with Gasteiger partial charge in [-0.15, -0.1) is 11.3 Å². The second-order valence-corrected chi connectivity index (χ2v) is 7.01. The van der Waals surface area contributed by atoms with Gasteiger partial charge in [-0.05, 0) is 47.7 Å². The fraction of sp³-hybridized carbons (Fsp3) is 0.278. The molecule has 4 rings (SSSR count). The van der Waals surface area contributed by atoms with Crippen LogP contribution in [0.3, 0.4) is 0 Å². The predicted octanol–water partition coefficient (Wildman–Crippen LogP) is 3.85. The summed E-state index contributed by atoms with van der Waals surface area (Å²) in [7, 11) is 1.93. The number of thiophene rings is 1. The van der Waals surface area contributed by atoms with Gasteiger partial charge < -0.3 is 0 Å². The first kappa shape index (κ1) is 14.6. The Kier molecular flexibility index (Phi) is 3.75. The second kappa shape index (κ2) is 5.91.